The van der Waals surface area contributed by atoms with Crippen molar-refractivity contribution >= 4 is 27.6 Å². The highest BCUT2D eigenvalue weighted by Crippen LogP contribution is 2.27. The quantitative estimate of drug-likeness (QED) is 0.728. The summed E-state index contributed by atoms with van der Waals surface area (Å²) in [4.78, 5) is 23.8. The van der Waals surface area contributed by atoms with Crippen LogP contribution in [0.4, 0.5) is 5.69 Å². The molecule has 0 N–H and O–H groups in total. The average Bonchev–Trinajstić information content (AvgIpc) is 2.65. The highest BCUT2D eigenvalue weighted by molar-refractivity contribution is 7.92. The lowest BCUT2D eigenvalue weighted by Gasteiger charge is -2.25. The molecule has 0 radical (unpaired) electrons. The van der Waals surface area contributed by atoms with Crippen molar-refractivity contribution in [1.29, 1.82) is 0 Å². The molecule has 0 spiro atoms. The second-order valence-corrected chi connectivity index (χ2v) is 6.77. The number of carbonyl (C=O) groups excluding carboxylic acids is 2. The van der Waals surface area contributed by atoms with Gasteiger partial charge in [-0.1, -0.05) is 30.3 Å². The SMILES string of the molecule is COC(=O)CN(c1ccccc1C(=O)OC)S(=O)(=O)c1ccccc1. The molecule has 0 amide bonds. The minimum atomic E-state index is -4.10. The van der Waals surface area contributed by atoms with Crippen LogP contribution in [0, 0.1) is 0 Å². The van der Waals surface area contributed by atoms with Crippen LogP contribution in [0.25, 0.3) is 0 Å². The molecular weight excluding hydrogens is 346 g/mol. The van der Waals surface area contributed by atoms with E-state index < -0.39 is 28.5 Å². The molecule has 132 valence electrons. The number of rotatable bonds is 6. The van der Waals surface area contributed by atoms with Crippen molar-refractivity contribution in [3.05, 3.63) is 60.2 Å². The summed E-state index contributed by atoms with van der Waals surface area (Å²) in [5.74, 6) is -1.48. The molecule has 2 aromatic rings. The second kappa shape index (κ2) is 7.80. The molecule has 0 aliphatic rings. The number of carbonyl (C=O) groups is 2. The molecule has 2 aromatic carbocycles. The van der Waals surface area contributed by atoms with Gasteiger partial charge in [0.2, 0.25) is 0 Å². The van der Waals surface area contributed by atoms with Crippen LogP contribution in [0.3, 0.4) is 0 Å². The van der Waals surface area contributed by atoms with Gasteiger partial charge < -0.3 is 9.47 Å². The van der Waals surface area contributed by atoms with Crippen molar-refractivity contribution in [2.24, 2.45) is 0 Å². The number of hydrogen-bond acceptors (Lipinski definition) is 6. The van der Waals surface area contributed by atoms with E-state index in [0.29, 0.717) is 0 Å². The number of esters is 2. The Hall–Kier alpha value is -2.87. The van der Waals surface area contributed by atoms with Crippen LogP contribution in [0.1, 0.15) is 10.4 Å². The van der Waals surface area contributed by atoms with Crippen molar-refractivity contribution in [2.75, 3.05) is 25.1 Å². The maximum Gasteiger partial charge on any atom is 0.340 e. The fourth-order valence-electron chi connectivity index (χ4n) is 2.17. The number of sulfonamides is 1. The summed E-state index contributed by atoms with van der Waals surface area (Å²) >= 11 is 0. The Bertz CT molecular complexity index is 864. The molecule has 0 saturated carbocycles. The Morgan fingerprint density at radius 3 is 2.12 bits per heavy atom. The van der Waals surface area contributed by atoms with E-state index in [-0.39, 0.29) is 16.1 Å². The second-order valence-electron chi connectivity index (χ2n) is 4.91. The summed E-state index contributed by atoms with van der Waals surface area (Å²) in [6, 6.07) is 13.6. The number of para-hydroxylation sites is 1. The topological polar surface area (TPSA) is 90.0 Å². The zero-order valence-corrected chi connectivity index (χ0v) is 14.5. The van der Waals surface area contributed by atoms with Crippen molar-refractivity contribution in [1.82, 2.24) is 0 Å². The average molecular weight is 363 g/mol. The Morgan fingerprint density at radius 1 is 0.920 bits per heavy atom. The van der Waals surface area contributed by atoms with Gasteiger partial charge in [0.15, 0.2) is 0 Å². The van der Waals surface area contributed by atoms with E-state index in [1.54, 1.807) is 30.3 Å². The van der Waals surface area contributed by atoms with E-state index in [1.165, 1.54) is 31.4 Å². The first-order valence-electron chi connectivity index (χ1n) is 7.23. The van der Waals surface area contributed by atoms with E-state index in [4.69, 9.17) is 4.74 Å². The van der Waals surface area contributed by atoms with Crippen LogP contribution >= 0.6 is 0 Å². The molecule has 0 bridgehead atoms. The van der Waals surface area contributed by atoms with Crippen LogP contribution in [-0.2, 0) is 24.3 Å². The number of nitrogens with zero attached hydrogens (tertiary/aromatic N) is 1. The Morgan fingerprint density at radius 2 is 1.52 bits per heavy atom. The monoisotopic (exact) mass is 363 g/mol. The molecule has 0 unspecified atom stereocenters. The highest BCUT2D eigenvalue weighted by atomic mass is 32.2. The molecule has 0 atom stereocenters. The lowest BCUT2D eigenvalue weighted by atomic mass is 10.2. The van der Waals surface area contributed by atoms with Gasteiger partial charge >= 0.3 is 11.9 Å². The third kappa shape index (κ3) is 3.97. The maximum absolute atomic E-state index is 13.0. The molecule has 2 rings (SSSR count). The van der Waals surface area contributed by atoms with Gasteiger partial charge in [0.1, 0.15) is 6.54 Å². The van der Waals surface area contributed by atoms with Crippen molar-refractivity contribution in [3.8, 4) is 0 Å². The van der Waals surface area contributed by atoms with E-state index in [0.717, 1.165) is 11.4 Å². The van der Waals surface area contributed by atoms with Gasteiger partial charge in [-0.15, -0.1) is 0 Å². The maximum atomic E-state index is 13.0. The summed E-state index contributed by atoms with van der Waals surface area (Å²) in [7, 11) is -1.75. The van der Waals surface area contributed by atoms with Crippen molar-refractivity contribution < 1.29 is 27.5 Å². The first kappa shape index (κ1) is 18.5. The van der Waals surface area contributed by atoms with Gasteiger partial charge in [-0.3, -0.25) is 9.10 Å². The molecule has 0 aliphatic heterocycles. The minimum absolute atomic E-state index is 0.0152. The molecule has 25 heavy (non-hydrogen) atoms. The molecule has 0 saturated heterocycles. The van der Waals surface area contributed by atoms with Gasteiger partial charge in [-0.2, -0.15) is 0 Å². The largest absolute Gasteiger partial charge is 0.468 e. The van der Waals surface area contributed by atoms with Crippen LogP contribution in [0.5, 0.6) is 0 Å². The zero-order chi connectivity index (χ0) is 18.4. The number of ether oxygens (including phenoxy) is 2. The number of anilines is 1. The number of benzene rings is 2. The molecule has 0 heterocycles. The molecule has 0 aromatic heterocycles. The van der Waals surface area contributed by atoms with Crippen molar-refractivity contribution in [2.45, 2.75) is 4.90 Å². The minimum Gasteiger partial charge on any atom is -0.468 e. The van der Waals surface area contributed by atoms with Crippen LogP contribution in [-0.4, -0.2) is 41.1 Å². The highest BCUT2D eigenvalue weighted by Gasteiger charge is 2.30. The molecule has 8 heteroatoms. The molecule has 7 nitrogen and oxygen atoms in total. The summed E-state index contributed by atoms with van der Waals surface area (Å²) in [6.45, 7) is -0.582. The fraction of sp³-hybridized carbons (Fsp3) is 0.176. The summed E-state index contributed by atoms with van der Waals surface area (Å²) in [5, 5.41) is 0. The third-order valence-corrected chi connectivity index (χ3v) is 5.18. The van der Waals surface area contributed by atoms with Crippen LogP contribution < -0.4 is 4.31 Å². The summed E-state index contributed by atoms with van der Waals surface area (Å²) in [5.41, 5.74) is 0.0528. The predicted octanol–water partition coefficient (Wildman–Crippen LogP) is 1.84. The summed E-state index contributed by atoms with van der Waals surface area (Å²) in [6.07, 6.45) is 0. The smallest absolute Gasteiger partial charge is 0.340 e. The normalized spacial score (nSPS) is 10.8. The first-order chi connectivity index (χ1) is 11.9. The zero-order valence-electron chi connectivity index (χ0n) is 13.7. The van der Waals surface area contributed by atoms with Gasteiger partial charge in [-0.25, -0.2) is 13.2 Å². The molecule has 0 fully saturated rings. The number of methoxy groups -OCH3 is 2. The number of hydrogen-bond donors (Lipinski definition) is 0. The Kier molecular flexibility index (Phi) is 5.76. The Labute approximate surface area is 145 Å². The fourth-order valence-corrected chi connectivity index (χ4v) is 3.62. The molecule has 0 aliphatic carbocycles. The van der Waals surface area contributed by atoms with E-state index in [2.05, 4.69) is 4.74 Å². The van der Waals surface area contributed by atoms with E-state index in [1.807, 2.05) is 0 Å². The summed E-state index contributed by atoms with van der Waals surface area (Å²) < 4.78 is 36.2. The van der Waals surface area contributed by atoms with Gasteiger partial charge in [0.05, 0.1) is 30.4 Å². The standard InChI is InChI=1S/C17H17NO6S/c1-23-16(19)12-18(25(21,22)13-8-4-3-5-9-13)15-11-7-6-10-14(15)17(20)24-2/h3-11H,12H2,1-2H3. The van der Waals surface area contributed by atoms with Crippen LogP contribution in [0.15, 0.2) is 59.5 Å². The first-order valence-corrected chi connectivity index (χ1v) is 8.67. The van der Waals surface area contributed by atoms with E-state index >= 15 is 0 Å². The lowest BCUT2D eigenvalue weighted by Crippen LogP contribution is -2.37. The van der Waals surface area contributed by atoms with Gasteiger partial charge in [0, 0.05) is 0 Å². The Balaban J connectivity index is 2.63. The lowest BCUT2D eigenvalue weighted by molar-refractivity contribution is -0.138. The van der Waals surface area contributed by atoms with Crippen LogP contribution in [0.2, 0.25) is 0 Å². The molecular formula is C17H17NO6S. The third-order valence-electron chi connectivity index (χ3n) is 3.41. The van der Waals surface area contributed by atoms with E-state index in [9.17, 15) is 18.0 Å². The van der Waals surface area contributed by atoms with Gasteiger partial charge in [0.25, 0.3) is 10.0 Å². The predicted molar refractivity (Wildman–Crippen MR) is 90.8 cm³/mol. The van der Waals surface area contributed by atoms with Crippen molar-refractivity contribution in [3.63, 3.8) is 0 Å². The van der Waals surface area contributed by atoms with Gasteiger partial charge in [-0.05, 0) is 24.3 Å².